The van der Waals surface area contributed by atoms with Crippen LogP contribution in [0.2, 0.25) is 0 Å². The number of nitrogens with zero attached hydrogens (tertiary/aromatic N) is 2. The van der Waals surface area contributed by atoms with Gasteiger partial charge in [0.05, 0.1) is 11.4 Å². The van der Waals surface area contributed by atoms with Crippen molar-refractivity contribution in [3.8, 4) is 10.4 Å². The monoisotopic (exact) mass is 401 g/mol. The van der Waals surface area contributed by atoms with Crippen molar-refractivity contribution in [2.75, 3.05) is 7.05 Å². The molecule has 0 unspecified atom stereocenters. The second-order valence-electron chi connectivity index (χ2n) is 6.38. The molecular weight excluding hydrogens is 382 g/mol. The van der Waals surface area contributed by atoms with Crippen molar-refractivity contribution in [3.63, 3.8) is 0 Å². The molecule has 0 saturated carbocycles. The first-order chi connectivity index (χ1) is 12.5. The number of nitrogens with one attached hydrogen (secondary N) is 1. The van der Waals surface area contributed by atoms with Crippen molar-refractivity contribution in [1.29, 1.82) is 0 Å². The van der Waals surface area contributed by atoms with E-state index in [4.69, 9.17) is 4.98 Å². The second-order valence-corrected chi connectivity index (χ2v) is 9.18. The van der Waals surface area contributed by atoms with Crippen LogP contribution in [0.15, 0.2) is 39.1 Å². The normalized spacial score (nSPS) is 12.9. The zero-order valence-electron chi connectivity index (χ0n) is 14.8. The molecule has 4 aromatic rings. The molecular formula is C19H19N3OS3. The maximum absolute atomic E-state index is 12.8. The number of H-pyrrole nitrogens is 1. The lowest BCUT2D eigenvalue weighted by Gasteiger charge is -2.23. The van der Waals surface area contributed by atoms with E-state index < -0.39 is 0 Å². The van der Waals surface area contributed by atoms with E-state index in [1.54, 1.807) is 22.7 Å². The Morgan fingerprint density at radius 2 is 2.08 bits per heavy atom. The van der Waals surface area contributed by atoms with Crippen LogP contribution in [0.1, 0.15) is 29.2 Å². The molecule has 0 aromatic carbocycles. The second kappa shape index (κ2) is 7.08. The third kappa shape index (κ3) is 3.16. The highest BCUT2D eigenvalue weighted by molar-refractivity contribution is 7.18. The van der Waals surface area contributed by atoms with Gasteiger partial charge in [0.1, 0.15) is 10.7 Å². The molecule has 0 bridgehead atoms. The number of thiophene rings is 3. The molecule has 0 aliphatic heterocycles. The van der Waals surface area contributed by atoms with E-state index in [1.165, 1.54) is 21.8 Å². The molecule has 0 fully saturated rings. The highest BCUT2D eigenvalue weighted by atomic mass is 32.1. The van der Waals surface area contributed by atoms with Gasteiger partial charge in [-0.2, -0.15) is 0 Å². The summed E-state index contributed by atoms with van der Waals surface area (Å²) in [7, 11) is 2.07. The van der Waals surface area contributed by atoms with Crippen LogP contribution in [0.25, 0.3) is 20.7 Å². The zero-order chi connectivity index (χ0) is 18.3. The average molecular weight is 402 g/mol. The van der Waals surface area contributed by atoms with Gasteiger partial charge in [-0.15, -0.1) is 34.0 Å². The first-order valence-electron chi connectivity index (χ1n) is 8.33. The number of hydrogen-bond donors (Lipinski definition) is 1. The Balaban J connectivity index is 1.67. The Bertz CT molecular complexity index is 1090. The van der Waals surface area contributed by atoms with Crippen molar-refractivity contribution >= 4 is 44.2 Å². The van der Waals surface area contributed by atoms with Crippen molar-refractivity contribution in [2.45, 2.75) is 26.4 Å². The first-order valence-corrected chi connectivity index (χ1v) is 11.0. The first kappa shape index (κ1) is 17.6. The SMILES string of the molecule is Cc1ccsc1CN(C)[C@H](C)c1nc2scc(-c3cccs3)c2c(=O)[nH]1. The smallest absolute Gasteiger partial charge is 0.260 e. The van der Waals surface area contributed by atoms with E-state index in [2.05, 4.69) is 42.2 Å². The summed E-state index contributed by atoms with van der Waals surface area (Å²) in [6.45, 7) is 5.06. The van der Waals surface area contributed by atoms with Crippen molar-refractivity contribution in [2.24, 2.45) is 0 Å². The standard InChI is InChI=1S/C19H19N3OS3/c1-11-6-8-25-15(11)9-22(3)12(2)17-20-18(23)16-13(10-26-19(16)21-17)14-5-4-7-24-14/h4-8,10,12H,9H2,1-3H3,(H,20,21,23)/t12-/m1/s1. The zero-order valence-corrected chi connectivity index (χ0v) is 17.2. The van der Waals surface area contributed by atoms with Gasteiger partial charge in [-0.3, -0.25) is 9.69 Å². The lowest BCUT2D eigenvalue weighted by atomic mass is 10.2. The number of aromatic nitrogens is 2. The van der Waals surface area contributed by atoms with E-state index in [9.17, 15) is 4.79 Å². The Kier molecular flexibility index (Phi) is 4.79. The molecule has 4 nitrogen and oxygen atoms in total. The quantitative estimate of drug-likeness (QED) is 0.495. The van der Waals surface area contributed by atoms with Crippen LogP contribution in [0.3, 0.4) is 0 Å². The van der Waals surface area contributed by atoms with Gasteiger partial charge in [0, 0.05) is 27.2 Å². The third-order valence-electron chi connectivity index (χ3n) is 4.67. The van der Waals surface area contributed by atoms with Crippen LogP contribution in [-0.2, 0) is 6.54 Å². The van der Waals surface area contributed by atoms with E-state index in [0.717, 1.165) is 27.6 Å². The summed E-state index contributed by atoms with van der Waals surface area (Å²) in [5.74, 6) is 0.721. The molecule has 0 amide bonds. The number of rotatable bonds is 5. The van der Waals surface area contributed by atoms with E-state index in [1.807, 2.05) is 22.9 Å². The molecule has 1 N–H and O–H groups in total. The summed E-state index contributed by atoms with van der Waals surface area (Å²) in [4.78, 5) is 26.0. The fourth-order valence-electron chi connectivity index (χ4n) is 2.91. The lowest BCUT2D eigenvalue weighted by molar-refractivity contribution is 0.245. The molecule has 4 heterocycles. The molecule has 0 aliphatic carbocycles. The van der Waals surface area contributed by atoms with Crippen LogP contribution in [-0.4, -0.2) is 21.9 Å². The van der Waals surface area contributed by atoms with Crippen LogP contribution in [0, 0.1) is 6.92 Å². The highest BCUT2D eigenvalue weighted by Crippen LogP contribution is 2.34. The molecule has 0 saturated heterocycles. The molecule has 1 atom stereocenters. The fourth-order valence-corrected chi connectivity index (χ4v) is 5.65. The minimum atomic E-state index is -0.0535. The van der Waals surface area contributed by atoms with Crippen LogP contribution >= 0.6 is 34.0 Å². The Hall–Kier alpha value is -1.80. The van der Waals surface area contributed by atoms with Crippen molar-refractivity contribution < 1.29 is 0 Å². The molecule has 0 radical (unpaired) electrons. The lowest BCUT2D eigenvalue weighted by Crippen LogP contribution is -2.25. The van der Waals surface area contributed by atoms with Gasteiger partial charge in [-0.1, -0.05) is 6.07 Å². The predicted molar refractivity (Wildman–Crippen MR) is 112 cm³/mol. The van der Waals surface area contributed by atoms with Gasteiger partial charge in [0.2, 0.25) is 0 Å². The summed E-state index contributed by atoms with van der Waals surface area (Å²) >= 11 is 4.95. The molecule has 134 valence electrons. The van der Waals surface area contributed by atoms with E-state index in [0.29, 0.717) is 5.39 Å². The molecule has 0 spiro atoms. The average Bonchev–Trinajstić information content (AvgIpc) is 3.35. The summed E-state index contributed by atoms with van der Waals surface area (Å²) in [6.07, 6.45) is 0. The van der Waals surface area contributed by atoms with E-state index >= 15 is 0 Å². The number of fused-ring (bicyclic) bond motifs is 1. The summed E-state index contributed by atoms with van der Waals surface area (Å²) in [5.41, 5.74) is 2.24. The van der Waals surface area contributed by atoms with Gasteiger partial charge in [-0.05, 0) is 49.4 Å². The van der Waals surface area contributed by atoms with Crippen LogP contribution in [0.4, 0.5) is 0 Å². The fraction of sp³-hybridized carbons (Fsp3) is 0.263. The Labute approximate surface area is 163 Å². The molecule has 7 heteroatoms. The summed E-state index contributed by atoms with van der Waals surface area (Å²) < 4.78 is 0. The Morgan fingerprint density at radius 1 is 1.23 bits per heavy atom. The van der Waals surface area contributed by atoms with Gasteiger partial charge in [0.25, 0.3) is 5.56 Å². The van der Waals surface area contributed by atoms with Crippen molar-refractivity contribution in [3.05, 3.63) is 61.0 Å². The van der Waals surface area contributed by atoms with Gasteiger partial charge in [0.15, 0.2) is 0 Å². The number of hydrogen-bond acceptors (Lipinski definition) is 6. The Morgan fingerprint density at radius 3 is 2.77 bits per heavy atom. The van der Waals surface area contributed by atoms with Gasteiger partial charge in [-0.25, -0.2) is 4.98 Å². The maximum atomic E-state index is 12.8. The summed E-state index contributed by atoms with van der Waals surface area (Å²) in [5, 5.41) is 6.88. The largest absolute Gasteiger partial charge is 0.309 e. The van der Waals surface area contributed by atoms with Gasteiger partial charge >= 0.3 is 0 Å². The van der Waals surface area contributed by atoms with Gasteiger partial charge < -0.3 is 4.98 Å². The van der Waals surface area contributed by atoms with E-state index in [-0.39, 0.29) is 11.6 Å². The minimum absolute atomic E-state index is 0.0286. The molecule has 4 aromatic heterocycles. The molecule has 4 rings (SSSR count). The summed E-state index contributed by atoms with van der Waals surface area (Å²) in [6, 6.07) is 6.21. The predicted octanol–water partition coefficient (Wildman–Crippen LogP) is 5.28. The molecule has 0 aliphatic rings. The number of aryl methyl sites for hydroxylation is 1. The minimum Gasteiger partial charge on any atom is -0.309 e. The maximum Gasteiger partial charge on any atom is 0.260 e. The third-order valence-corrected chi connectivity index (χ3v) is 7.45. The molecule has 26 heavy (non-hydrogen) atoms. The van der Waals surface area contributed by atoms with Crippen LogP contribution < -0.4 is 5.56 Å². The topological polar surface area (TPSA) is 49.0 Å². The number of aromatic amines is 1. The van der Waals surface area contributed by atoms with Crippen molar-refractivity contribution in [1.82, 2.24) is 14.9 Å². The van der Waals surface area contributed by atoms with Crippen LogP contribution in [0.5, 0.6) is 0 Å². The highest BCUT2D eigenvalue weighted by Gasteiger charge is 2.19.